The van der Waals surface area contributed by atoms with Crippen LogP contribution < -0.4 is 4.74 Å². The Morgan fingerprint density at radius 1 is 0.714 bits per heavy atom. The Kier molecular flexibility index (Phi) is 13.9. The summed E-state index contributed by atoms with van der Waals surface area (Å²) in [6.07, 6.45) is 29.7. The smallest absolute Gasteiger partial charge is 0.159 e. The van der Waals surface area contributed by atoms with Crippen LogP contribution in [0.25, 0.3) is 11.4 Å². The van der Waals surface area contributed by atoms with Crippen LogP contribution in [0.15, 0.2) is 36.7 Å². The minimum atomic E-state index is 0.761. The Morgan fingerprint density at radius 2 is 1.31 bits per heavy atom. The molecule has 1 aromatic carbocycles. The zero-order valence-corrected chi connectivity index (χ0v) is 22.5. The molecular formula is C32H50N2O. The number of aromatic nitrogens is 2. The predicted molar refractivity (Wildman–Crippen MR) is 149 cm³/mol. The summed E-state index contributed by atoms with van der Waals surface area (Å²) >= 11 is 0. The van der Waals surface area contributed by atoms with Crippen LogP contribution in [0.2, 0.25) is 0 Å². The Hall–Kier alpha value is -1.90. The highest BCUT2D eigenvalue weighted by molar-refractivity contribution is 5.55. The van der Waals surface area contributed by atoms with E-state index in [-0.39, 0.29) is 0 Å². The van der Waals surface area contributed by atoms with Crippen LogP contribution in [-0.2, 0) is 6.42 Å². The van der Waals surface area contributed by atoms with Gasteiger partial charge in [-0.1, -0.05) is 134 Å². The fourth-order valence-electron chi connectivity index (χ4n) is 5.38. The molecule has 1 aliphatic carbocycles. The van der Waals surface area contributed by atoms with Crippen molar-refractivity contribution in [3.63, 3.8) is 0 Å². The molecule has 194 valence electrons. The zero-order chi connectivity index (χ0) is 24.4. The molecule has 2 aromatic rings. The van der Waals surface area contributed by atoms with Crippen molar-refractivity contribution >= 4 is 0 Å². The van der Waals surface area contributed by atoms with E-state index >= 15 is 0 Å². The van der Waals surface area contributed by atoms with Gasteiger partial charge in [0.25, 0.3) is 0 Å². The number of aryl methyl sites for hydroxylation is 1. The van der Waals surface area contributed by atoms with Crippen LogP contribution in [0, 0.1) is 5.92 Å². The maximum atomic E-state index is 5.87. The van der Waals surface area contributed by atoms with Crippen molar-refractivity contribution in [1.82, 2.24) is 9.97 Å². The topological polar surface area (TPSA) is 35.0 Å². The quantitative estimate of drug-likeness (QED) is 0.188. The highest BCUT2D eigenvalue weighted by Gasteiger charge is 2.13. The molecule has 35 heavy (non-hydrogen) atoms. The first-order chi connectivity index (χ1) is 17.3. The molecule has 0 bridgehead atoms. The van der Waals surface area contributed by atoms with E-state index in [1.54, 1.807) is 0 Å². The minimum absolute atomic E-state index is 0.761. The number of unbranched alkanes of at least 4 members (excludes halogenated alkanes) is 11. The fraction of sp³-hybridized carbons (Fsp3) is 0.688. The fourth-order valence-corrected chi connectivity index (χ4v) is 5.38. The summed E-state index contributed by atoms with van der Waals surface area (Å²) < 4.78 is 5.87. The molecule has 1 fully saturated rings. The molecule has 3 nitrogen and oxygen atoms in total. The molecule has 0 saturated heterocycles. The largest absolute Gasteiger partial charge is 0.490 e. The molecule has 1 aliphatic rings. The standard InChI is InChI=1S/C32H50N2O/c1-2-3-4-5-9-13-18-29-21-23-30(24-22-29)32-33-26-31(27-34-32)35-25-16-11-8-6-7-10-12-17-28-19-14-15-20-28/h21-24,26-28H,2-20,25H2,1H3. The lowest BCUT2D eigenvalue weighted by Crippen LogP contribution is -1.99. The van der Waals surface area contributed by atoms with Gasteiger partial charge in [0.15, 0.2) is 11.6 Å². The lowest BCUT2D eigenvalue weighted by molar-refractivity contribution is 0.302. The molecule has 0 unspecified atom stereocenters. The Morgan fingerprint density at radius 3 is 2.00 bits per heavy atom. The van der Waals surface area contributed by atoms with Crippen LogP contribution in [-0.4, -0.2) is 16.6 Å². The molecule has 0 amide bonds. The molecular weight excluding hydrogens is 428 g/mol. The zero-order valence-electron chi connectivity index (χ0n) is 22.5. The lowest BCUT2D eigenvalue weighted by atomic mass is 9.99. The van der Waals surface area contributed by atoms with Gasteiger partial charge in [-0.15, -0.1) is 0 Å². The maximum absolute atomic E-state index is 5.87. The van der Waals surface area contributed by atoms with E-state index in [0.717, 1.165) is 36.1 Å². The van der Waals surface area contributed by atoms with Crippen molar-refractivity contribution in [3.05, 3.63) is 42.2 Å². The molecule has 1 heterocycles. The van der Waals surface area contributed by atoms with Gasteiger partial charge in [-0.3, -0.25) is 0 Å². The predicted octanol–water partition coefficient (Wildman–Crippen LogP) is 9.74. The molecule has 0 N–H and O–H groups in total. The van der Waals surface area contributed by atoms with Crippen molar-refractivity contribution in [1.29, 1.82) is 0 Å². The van der Waals surface area contributed by atoms with Crippen molar-refractivity contribution in [3.8, 4) is 17.1 Å². The maximum Gasteiger partial charge on any atom is 0.159 e. The Balaban J connectivity index is 1.21. The van der Waals surface area contributed by atoms with E-state index in [1.165, 1.54) is 121 Å². The number of rotatable bonds is 19. The van der Waals surface area contributed by atoms with Gasteiger partial charge in [-0.25, -0.2) is 9.97 Å². The highest BCUT2D eigenvalue weighted by atomic mass is 16.5. The van der Waals surface area contributed by atoms with Crippen LogP contribution in [0.4, 0.5) is 0 Å². The average molecular weight is 479 g/mol. The molecule has 3 heteroatoms. The van der Waals surface area contributed by atoms with Crippen molar-refractivity contribution in [2.75, 3.05) is 6.61 Å². The van der Waals surface area contributed by atoms with Gasteiger partial charge in [0.1, 0.15) is 0 Å². The van der Waals surface area contributed by atoms with Gasteiger partial charge in [-0.05, 0) is 30.7 Å². The van der Waals surface area contributed by atoms with E-state index in [2.05, 4.69) is 41.2 Å². The first-order valence-electron chi connectivity index (χ1n) is 14.9. The van der Waals surface area contributed by atoms with E-state index in [4.69, 9.17) is 4.74 Å². The van der Waals surface area contributed by atoms with Crippen molar-refractivity contribution < 1.29 is 4.74 Å². The first-order valence-corrected chi connectivity index (χ1v) is 14.9. The van der Waals surface area contributed by atoms with Gasteiger partial charge in [0.05, 0.1) is 19.0 Å². The van der Waals surface area contributed by atoms with Crippen molar-refractivity contribution in [2.45, 2.75) is 129 Å². The van der Waals surface area contributed by atoms with Gasteiger partial charge in [0.2, 0.25) is 0 Å². The SMILES string of the molecule is CCCCCCCCc1ccc(-c2ncc(OCCCCCCCCCC3CCCC3)cn2)cc1. The summed E-state index contributed by atoms with van der Waals surface area (Å²) in [5.74, 6) is 2.61. The monoisotopic (exact) mass is 478 g/mol. The minimum Gasteiger partial charge on any atom is -0.490 e. The van der Waals surface area contributed by atoms with E-state index in [1.807, 2.05) is 12.4 Å². The summed E-state index contributed by atoms with van der Waals surface area (Å²) in [6.45, 7) is 3.03. The molecule has 0 aliphatic heterocycles. The van der Waals surface area contributed by atoms with Crippen LogP contribution in [0.3, 0.4) is 0 Å². The molecule has 1 aromatic heterocycles. The van der Waals surface area contributed by atoms with Gasteiger partial charge < -0.3 is 4.74 Å². The van der Waals surface area contributed by atoms with Gasteiger partial charge in [-0.2, -0.15) is 0 Å². The van der Waals surface area contributed by atoms with E-state index in [0.29, 0.717) is 0 Å². The van der Waals surface area contributed by atoms with E-state index in [9.17, 15) is 0 Å². The number of hydrogen-bond donors (Lipinski definition) is 0. The average Bonchev–Trinajstić information content (AvgIpc) is 3.42. The number of hydrogen-bond acceptors (Lipinski definition) is 3. The summed E-state index contributed by atoms with van der Waals surface area (Å²) in [7, 11) is 0. The second kappa shape index (κ2) is 17.5. The molecule has 3 rings (SSSR count). The molecule has 0 radical (unpaired) electrons. The molecule has 0 spiro atoms. The van der Waals surface area contributed by atoms with E-state index < -0.39 is 0 Å². The van der Waals surface area contributed by atoms with Crippen molar-refractivity contribution in [2.24, 2.45) is 5.92 Å². The third kappa shape index (κ3) is 11.6. The summed E-state index contributed by atoms with van der Waals surface area (Å²) in [6, 6.07) is 8.75. The first kappa shape index (κ1) is 27.7. The molecule has 0 atom stereocenters. The third-order valence-corrected chi connectivity index (χ3v) is 7.66. The second-order valence-electron chi connectivity index (χ2n) is 10.7. The second-order valence-corrected chi connectivity index (χ2v) is 10.7. The normalized spacial score (nSPS) is 14.0. The summed E-state index contributed by atoms with van der Waals surface area (Å²) in [5.41, 5.74) is 2.49. The number of ether oxygens (including phenoxy) is 1. The lowest BCUT2D eigenvalue weighted by Gasteiger charge is -2.08. The molecule has 1 saturated carbocycles. The third-order valence-electron chi connectivity index (χ3n) is 7.66. The van der Waals surface area contributed by atoms with Crippen LogP contribution >= 0.6 is 0 Å². The Labute approximate surface area is 215 Å². The Bertz CT molecular complexity index is 765. The van der Waals surface area contributed by atoms with Crippen LogP contribution in [0.5, 0.6) is 5.75 Å². The summed E-state index contributed by atoms with van der Waals surface area (Å²) in [5, 5.41) is 0. The van der Waals surface area contributed by atoms with Gasteiger partial charge in [0, 0.05) is 5.56 Å². The van der Waals surface area contributed by atoms with Crippen LogP contribution in [0.1, 0.15) is 128 Å². The van der Waals surface area contributed by atoms with Gasteiger partial charge >= 0.3 is 0 Å². The number of benzene rings is 1. The highest BCUT2D eigenvalue weighted by Crippen LogP contribution is 2.29. The summed E-state index contributed by atoms with van der Waals surface area (Å²) in [4.78, 5) is 9.06. The number of nitrogens with zero attached hydrogens (tertiary/aromatic N) is 2.